The molecule has 0 unspecified atom stereocenters. The summed E-state index contributed by atoms with van der Waals surface area (Å²) in [6, 6.07) is 0. The molecule has 1 amide bonds. The van der Waals surface area contributed by atoms with E-state index < -0.39 is 11.2 Å². The number of nitrogens with zero attached hydrogens (tertiary/aromatic N) is 2. The number of hydrogen-bond donors (Lipinski definition) is 2. The van der Waals surface area contributed by atoms with Crippen molar-refractivity contribution in [3.05, 3.63) is 27.0 Å². The fourth-order valence-corrected chi connectivity index (χ4v) is 1.68. The fraction of sp³-hybridized carbons (Fsp3) is 0.583. The number of aryl methyl sites for hydroxylation is 1. The zero-order chi connectivity index (χ0) is 14.4. The number of carbonyl (C=O) groups excluding carboxylic acids is 1. The molecule has 0 atom stereocenters. The molecule has 1 aromatic heterocycles. The molecule has 0 aliphatic carbocycles. The summed E-state index contributed by atoms with van der Waals surface area (Å²) in [5.41, 5.74) is 4.41. The Balaban J connectivity index is 3.09. The predicted molar refractivity (Wildman–Crippen MR) is 73.0 cm³/mol. The molecule has 3 N–H and O–H groups in total. The maximum Gasteiger partial charge on any atom is 0.331 e. The van der Waals surface area contributed by atoms with Crippen LogP contribution in [0.4, 0.5) is 5.69 Å². The van der Waals surface area contributed by atoms with Gasteiger partial charge in [0, 0.05) is 19.3 Å². The van der Waals surface area contributed by atoms with Crippen LogP contribution < -0.4 is 22.3 Å². The predicted octanol–water partition coefficient (Wildman–Crippen LogP) is -0.472. The highest BCUT2D eigenvalue weighted by molar-refractivity contribution is 5.75. The number of nitrogen functional groups attached to an aromatic ring is 1. The Hall–Kier alpha value is -2.05. The molecule has 19 heavy (non-hydrogen) atoms. The Morgan fingerprint density at radius 1 is 1.32 bits per heavy atom. The van der Waals surface area contributed by atoms with Gasteiger partial charge in [-0.25, -0.2) is 9.36 Å². The largest absolute Gasteiger partial charge is 0.393 e. The lowest BCUT2D eigenvalue weighted by Crippen LogP contribution is -2.44. The van der Waals surface area contributed by atoms with Crippen molar-refractivity contribution < 1.29 is 4.79 Å². The first kappa shape index (κ1) is 15.0. The van der Waals surface area contributed by atoms with E-state index in [1.54, 1.807) is 0 Å². The molecule has 1 heterocycles. The zero-order valence-electron chi connectivity index (χ0n) is 11.3. The molecule has 0 aromatic carbocycles. The first-order chi connectivity index (χ1) is 9.01. The van der Waals surface area contributed by atoms with Crippen LogP contribution in [-0.4, -0.2) is 21.6 Å². The number of amides is 1. The molecule has 1 rings (SSSR count). The summed E-state index contributed by atoms with van der Waals surface area (Å²) in [4.78, 5) is 35.4. The summed E-state index contributed by atoms with van der Waals surface area (Å²) in [6.45, 7) is 4.50. The SMILES string of the molecule is CCCNC(=O)Cn1c(=O)c(N)cn(CCC)c1=O. The van der Waals surface area contributed by atoms with Gasteiger partial charge in [-0.15, -0.1) is 0 Å². The summed E-state index contributed by atoms with van der Waals surface area (Å²) in [5, 5.41) is 2.62. The highest BCUT2D eigenvalue weighted by atomic mass is 16.2. The van der Waals surface area contributed by atoms with Crippen LogP contribution in [0.25, 0.3) is 0 Å². The van der Waals surface area contributed by atoms with E-state index in [1.165, 1.54) is 10.8 Å². The van der Waals surface area contributed by atoms with Gasteiger partial charge in [-0.1, -0.05) is 13.8 Å². The molecule has 1 aromatic rings. The lowest BCUT2D eigenvalue weighted by molar-refractivity contribution is -0.121. The van der Waals surface area contributed by atoms with E-state index in [1.807, 2.05) is 13.8 Å². The van der Waals surface area contributed by atoms with Crippen LogP contribution in [0.1, 0.15) is 26.7 Å². The van der Waals surface area contributed by atoms with Crippen LogP contribution >= 0.6 is 0 Å². The minimum atomic E-state index is -0.621. The molecular weight excluding hydrogens is 248 g/mol. The minimum Gasteiger partial charge on any atom is -0.393 e. The van der Waals surface area contributed by atoms with Gasteiger partial charge in [-0.05, 0) is 12.8 Å². The first-order valence-electron chi connectivity index (χ1n) is 6.37. The molecule has 7 heteroatoms. The van der Waals surface area contributed by atoms with Gasteiger partial charge in [0.15, 0.2) is 0 Å². The monoisotopic (exact) mass is 268 g/mol. The van der Waals surface area contributed by atoms with E-state index in [0.717, 1.165) is 17.4 Å². The molecule has 0 bridgehead atoms. The molecule has 0 aliphatic heterocycles. The Kier molecular flexibility index (Phi) is 5.35. The molecule has 106 valence electrons. The van der Waals surface area contributed by atoms with Crippen LogP contribution in [0, 0.1) is 0 Å². The van der Waals surface area contributed by atoms with Crippen molar-refractivity contribution in [3.63, 3.8) is 0 Å². The minimum absolute atomic E-state index is 0.0312. The van der Waals surface area contributed by atoms with Gasteiger partial charge in [0.25, 0.3) is 5.56 Å². The molecule has 0 saturated carbocycles. The first-order valence-corrected chi connectivity index (χ1v) is 6.37. The van der Waals surface area contributed by atoms with Gasteiger partial charge in [-0.3, -0.25) is 14.2 Å². The standard InChI is InChI=1S/C12H20N4O3/c1-3-5-14-10(17)8-16-11(18)9(13)7-15(6-4-2)12(16)19/h7H,3-6,8,13H2,1-2H3,(H,14,17). The third-order valence-corrected chi connectivity index (χ3v) is 2.60. The van der Waals surface area contributed by atoms with Crippen LogP contribution in [0.15, 0.2) is 15.8 Å². The average molecular weight is 268 g/mol. The molecule has 0 saturated heterocycles. The maximum absolute atomic E-state index is 12.0. The number of nitrogens with two attached hydrogens (primary N) is 1. The van der Waals surface area contributed by atoms with Gasteiger partial charge < -0.3 is 11.1 Å². The number of rotatable bonds is 6. The van der Waals surface area contributed by atoms with Crippen molar-refractivity contribution in [2.24, 2.45) is 0 Å². The summed E-state index contributed by atoms with van der Waals surface area (Å²) < 4.78 is 2.22. The molecule has 0 radical (unpaired) electrons. The van der Waals surface area contributed by atoms with Crippen LogP contribution in [-0.2, 0) is 17.9 Å². The summed E-state index contributed by atoms with van der Waals surface area (Å²) in [6.07, 6.45) is 2.85. The van der Waals surface area contributed by atoms with Crippen molar-refractivity contribution in [3.8, 4) is 0 Å². The molecular formula is C12H20N4O3. The average Bonchev–Trinajstić information content (AvgIpc) is 2.38. The number of hydrogen-bond acceptors (Lipinski definition) is 4. The number of nitrogens with one attached hydrogen (secondary N) is 1. The molecule has 7 nitrogen and oxygen atoms in total. The van der Waals surface area contributed by atoms with E-state index >= 15 is 0 Å². The second-order valence-electron chi connectivity index (χ2n) is 4.30. The van der Waals surface area contributed by atoms with E-state index in [2.05, 4.69) is 5.32 Å². The van der Waals surface area contributed by atoms with Crippen molar-refractivity contribution in [2.45, 2.75) is 39.8 Å². The van der Waals surface area contributed by atoms with Crippen LogP contribution in [0.2, 0.25) is 0 Å². The Bertz CT molecular complexity index is 559. The van der Waals surface area contributed by atoms with Gasteiger partial charge >= 0.3 is 5.69 Å². The van der Waals surface area contributed by atoms with E-state index in [-0.39, 0.29) is 18.1 Å². The van der Waals surface area contributed by atoms with Gasteiger partial charge in [0.1, 0.15) is 12.2 Å². The van der Waals surface area contributed by atoms with Gasteiger partial charge in [0.2, 0.25) is 5.91 Å². The van der Waals surface area contributed by atoms with Gasteiger partial charge in [-0.2, -0.15) is 0 Å². The van der Waals surface area contributed by atoms with E-state index in [4.69, 9.17) is 5.73 Å². The molecule has 0 spiro atoms. The molecule has 0 aliphatic rings. The number of aromatic nitrogens is 2. The third-order valence-electron chi connectivity index (χ3n) is 2.60. The lowest BCUT2D eigenvalue weighted by Gasteiger charge is -2.10. The smallest absolute Gasteiger partial charge is 0.331 e. The summed E-state index contributed by atoms with van der Waals surface area (Å²) in [5.74, 6) is -0.366. The summed E-state index contributed by atoms with van der Waals surface area (Å²) >= 11 is 0. The lowest BCUT2D eigenvalue weighted by atomic mass is 10.4. The highest BCUT2D eigenvalue weighted by Gasteiger charge is 2.12. The van der Waals surface area contributed by atoms with Crippen LogP contribution in [0.3, 0.4) is 0 Å². The number of carbonyl (C=O) groups is 1. The van der Waals surface area contributed by atoms with Crippen molar-refractivity contribution in [2.75, 3.05) is 12.3 Å². The van der Waals surface area contributed by atoms with Crippen molar-refractivity contribution in [1.82, 2.24) is 14.5 Å². The van der Waals surface area contributed by atoms with Crippen molar-refractivity contribution in [1.29, 1.82) is 0 Å². The second-order valence-corrected chi connectivity index (χ2v) is 4.30. The maximum atomic E-state index is 12.0. The second kappa shape index (κ2) is 6.77. The van der Waals surface area contributed by atoms with Crippen LogP contribution in [0.5, 0.6) is 0 Å². The third kappa shape index (κ3) is 3.70. The number of anilines is 1. The molecule has 0 fully saturated rings. The Morgan fingerprint density at radius 3 is 2.58 bits per heavy atom. The summed E-state index contributed by atoms with van der Waals surface area (Å²) in [7, 11) is 0. The normalized spacial score (nSPS) is 10.4. The van der Waals surface area contributed by atoms with E-state index in [0.29, 0.717) is 13.1 Å². The Morgan fingerprint density at radius 2 is 2.00 bits per heavy atom. The van der Waals surface area contributed by atoms with Crippen molar-refractivity contribution >= 4 is 11.6 Å². The van der Waals surface area contributed by atoms with E-state index in [9.17, 15) is 14.4 Å². The Labute approximate surface area is 111 Å². The highest BCUT2D eigenvalue weighted by Crippen LogP contribution is 1.92. The topological polar surface area (TPSA) is 99.1 Å². The fourth-order valence-electron chi connectivity index (χ4n) is 1.68. The zero-order valence-corrected chi connectivity index (χ0v) is 11.3. The van der Waals surface area contributed by atoms with Gasteiger partial charge in [0.05, 0.1) is 0 Å². The quantitative estimate of drug-likeness (QED) is 0.728.